The minimum Gasteiger partial charge on any atom is -0.392 e. The van der Waals surface area contributed by atoms with E-state index in [-0.39, 0.29) is 12.0 Å². The molecule has 2 aliphatic carbocycles. The number of hydrogen-bond donors (Lipinski definition) is 1. The lowest BCUT2D eigenvalue weighted by Crippen LogP contribution is -2.33. The normalized spacial score (nSPS) is 32.6. The molecule has 1 aromatic rings. The predicted molar refractivity (Wildman–Crippen MR) is 77.0 cm³/mol. The molecule has 0 aromatic carbocycles. The van der Waals surface area contributed by atoms with E-state index in [0.29, 0.717) is 5.92 Å². The molecule has 19 heavy (non-hydrogen) atoms. The molecule has 2 heteroatoms. The number of nitrogens with zero attached hydrogens (tertiary/aromatic N) is 1. The number of rotatable bonds is 2. The van der Waals surface area contributed by atoms with E-state index in [2.05, 4.69) is 18.0 Å². The number of aliphatic hydroxyl groups excluding tert-OH is 1. The molecule has 104 valence electrons. The molecule has 1 N–H and O–H groups in total. The molecule has 1 aromatic heterocycles. The second-order valence-corrected chi connectivity index (χ2v) is 6.57. The number of fused-ring (bicyclic) bond motifs is 1. The summed E-state index contributed by atoms with van der Waals surface area (Å²) in [5.41, 5.74) is 2.54. The highest BCUT2D eigenvalue weighted by Gasteiger charge is 2.34. The van der Waals surface area contributed by atoms with Gasteiger partial charge in [0.1, 0.15) is 0 Å². The van der Waals surface area contributed by atoms with Crippen molar-refractivity contribution in [2.45, 2.75) is 63.9 Å². The van der Waals surface area contributed by atoms with Crippen molar-refractivity contribution in [3.63, 3.8) is 0 Å². The van der Waals surface area contributed by atoms with Crippen molar-refractivity contribution >= 4 is 0 Å². The van der Waals surface area contributed by atoms with Crippen LogP contribution in [0, 0.1) is 11.8 Å². The Hall–Kier alpha value is -0.890. The van der Waals surface area contributed by atoms with Crippen molar-refractivity contribution in [3.05, 3.63) is 29.6 Å². The van der Waals surface area contributed by atoms with Crippen LogP contribution < -0.4 is 0 Å². The van der Waals surface area contributed by atoms with Gasteiger partial charge in [0.15, 0.2) is 0 Å². The largest absolute Gasteiger partial charge is 0.392 e. The van der Waals surface area contributed by atoms with E-state index in [1.807, 2.05) is 12.3 Å². The molecule has 0 spiro atoms. The Morgan fingerprint density at radius 3 is 3.00 bits per heavy atom. The van der Waals surface area contributed by atoms with E-state index in [0.717, 1.165) is 18.8 Å². The third kappa shape index (κ3) is 2.69. The summed E-state index contributed by atoms with van der Waals surface area (Å²) < 4.78 is 0. The van der Waals surface area contributed by atoms with Crippen LogP contribution in [-0.4, -0.2) is 16.2 Å². The Bertz CT molecular complexity index is 431. The highest BCUT2D eigenvalue weighted by atomic mass is 16.3. The van der Waals surface area contributed by atoms with Gasteiger partial charge in [-0.1, -0.05) is 25.8 Å². The fourth-order valence-electron chi connectivity index (χ4n) is 4.10. The quantitative estimate of drug-likeness (QED) is 0.878. The Labute approximate surface area is 116 Å². The fraction of sp³-hybridized carbons (Fsp3) is 0.706. The number of pyridine rings is 1. The molecule has 0 saturated heterocycles. The van der Waals surface area contributed by atoms with Gasteiger partial charge in [0.2, 0.25) is 0 Å². The molecular formula is C17H25NO. The maximum Gasteiger partial charge on any atom is 0.0652 e. The maximum atomic E-state index is 10.8. The summed E-state index contributed by atoms with van der Waals surface area (Å²) in [5, 5.41) is 10.8. The van der Waals surface area contributed by atoms with E-state index < -0.39 is 0 Å². The van der Waals surface area contributed by atoms with E-state index in [1.165, 1.54) is 43.4 Å². The van der Waals surface area contributed by atoms with E-state index in [1.54, 1.807) is 0 Å². The van der Waals surface area contributed by atoms with Crippen LogP contribution in [0.25, 0.3) is 0 Å². The number of aliphatic hydroxyl groups is 1. The SMILES string of the molecule is CC1CCCC(C(O)C2CCCc3cccnc32)C1. The van der Waals surface area contributed by atoms with Gasteiger partial charge in [-0.2, -0.15) is 0 Å². The van der Waals surface area contributed by atoms with E-state index in [9.17, 15) is 5.11 Å². The summed E-state index contributed by atoms with van der Waals surface area (Å²) in [7, 11) is 0. The van der Waals surface area contributed by atoms with Crippen LogP contribution >= 0.6 is 0 Å². The van der Waals surface area contributed by atoms with E-state index >= 15 is 0 Å². The third-order valence-electron chi connectivity index (χ3n) is 5.11. The van der Waals surface area contributed by atoms with Gasteiger partial charge in [-0.3, -0.25) is 4.98 Å². The average molecular weight is 259 g/mol. The van der Waals surface area contributed by atoms with Gasteiger partial charge >= 0.3 is 0 Å². The molecule has 1 fully saturated rings. The zero-order chi connectivity index (χ0) is 13.2. The van der Waals surface area contributed by atoms with Crippen molar-refractivity contribution in [1.82, 2.24) is 4.98 Å². The molecule has 0 aliphatic heterocycles. The standard InChI is InChI=1S/C17H25NO/c1-12-5-2-7-14(11-12)17(19)15-9-3-6-13-8-4-10-18-16(13)15/h4,8,10,12,14-15,17,19H,2-3,5-7,9,11H2,1H3. The lowest BCUT2D eigenvalue weighted by atomic mass is 9.72. The zero-order valence-electron chi connectivity index (χ0n) is 11.9. The molecule has 0 radical (unpaired) electrons. The molecule has 1 saturated carbocycles. The van der Waals surface area contributed by atoms with Crippen molar-refractivity contribution < 1.29 is 5.11 Å². The van der Waals surface area contributed by atoms with Gasteiger partial charge in [0.25, 0.3) is 0 Å². The second-order valence-electron chi connectivity index (χ2n) is 6.57. The van der Waals surface area contributed by atoms with Gasteiger partial charge in [0, 0.05) is 17.8 Å². The number of aromatic nitrogens is 1. The molecular weight excluding hydrogens is 234 g/mol. The summed E-state index contributed by atoms with van der Waals surface area (Å²) in [6.07, 6.45) is 10.1. The minimum absolute atomic E-state index is 0.184. The Balaban J connectivity index is 1.79. The Kier molecular flexibility index (Phi) is 3.88. The Morgan fingerprint density at radius 1 is 1.26 bits per heavy atom. The molecule has 2 nitrogen and oxygen atoms in total. The predicted octanol–water partition coefficient (Wildman–Crippen LogP) is 3.69. The molecule has 0 amide bonds. The van der Waals surface area contributed by atoms with Crippen LogP contribution in [0.15, 0.2) is 18.3 Å². The van der Waals surface area contributed by atoms with Gasteiger partial charge in [0.05, 0.1) is 6.10 Å². The van der Waals surface area contributed by atoms with Crippen LogP contribution in [0.5, 0.6) is 0 Å². The summed E-state index contributed by atoms with van der Waals surface area (Å²) in [6.45, 7) is 2.33. The van der Waals surface area contributed by atoms with Gasteiger partial charge in [-0.05, 0) is 55.6 Å². The molecule has 3 rings (SSSR count). The summed E-state index contributed by atoms with van der Waals surface area (Å²) >= 11 is 0. The molecule has 1 heterocycles. The topological polar surface area (TPSA) is 33.1 Å². The van der Waals surface area contributed by atoms with Crippen molar-refractivity contribution in [3.8, 4) is 0 Å². The highest BCUT2D eigenvalue weighted by molar-refractivity contribution is 5.27. The molecule has 4 unspecified atom stereocenters. The fourth-order valence-corrected chi connectivity index (χ4v) is 4.10. The lowest BCUT2D eigenvalue weighted by molar-refractivity contribution is 0.0431. The summed E-state index contributed by atoms with van der Waals surface area (Å²) in [6, 6.07) is 4.21. The molecule has 2 aliphatic rings. The van der Waals surface area contributed by atoms with Crippen LogP contribution in [0.3, 0.4) is 0 Å². The first kappa shape index (κ1) is 13.1. The van der Waals surface area contributed by atoms with Gasteiger partial charge < -0.3 is 5.11 Å². The van der Waals surface area contributed by atoms with Gasteiger partial charge in [-0.25, -0.2) is 0 Å². The monoisotopic (exact) mass is 259 g/mol. The first-order valence-electron chi connectivity index (χ1n) is 7.87. The first-order chi connectivity index (χ1) is 9.25. The smallest absolute Gasteiger partial charge is 0.0652 e. The van der Waals surface area contributed by atoms with E-state index in [4.69, 9.17) is 0 Å². The minimum atomic E-state index is -0.184. The lowest BCUT2D eigenvalue weighted by Gasteiger charge is -2.36. The maximum absolute atomic E-state index is 10.8. The van der Waals surface area contributed by atoms with Crippen LogP contribution in [0.4, 0.5) is 0 Å². The first-order valence-corrected chi connectivity index (χ1v) is 7.87. The number of aryl methyl sites for hydroxylation is 1. The van der Waals surface area contributed by atoms with Crippen LogP contribution in [0.1, 0.15) is 62.6 Å². The van der Waals surface area contributed by atoms with Crippen molar-refractivity contribution in [2.75, 3.05) is 0 Å². The molecule has 4 atom stereocenters. The van der Waals surface area contributed by atoms with Crippen LogP contribution in [-0.2, 0) is 6.42 Å². The van der Waals surface area contributed by atoms with Gasteiger partial charge in [-0.15, -0.1) is 0 Å². The van der Waals surface area contributed by atoms with Crippen molar-refractivity contribution in [2.24, 2.45) is 11.8 Å². The average Bonchev–Trinajstić information content (AvgIpc) is 2.46. The molecule has 0 bridgehead atoms. The summed E-state index contributed by atoms with van der Waals surface area (Å²) in [4.78, 5) is 4.58. The van der Waals surface area contributed by atoms with Crippen LogP contribution in [0.2, 0.25) is 0 Å². The highest BCUT2D eigenvalue weighted by Crippen LogP contribution is 2.40. The third-order valence-corrected chi connectivity index (χ3v) is 5.11. The van der Waals surface area contributed by atoms with Crippen molar-refractivity contribution in [1.29, 1.82) is 0 Å². The Morgan fingerprint density at radius 2 is 2.16 bits per heavy atom. The zero-order valence-corrected chi connectivity index (χ0v) is 11.9. The second kappa shape index (κ2) is 5.62. The number of hydrogen-bond acceptors (Lipinski definition) is 2. The summed E-state index contributed by atoms with van der Waals surface area (Å²) in [5.74, 6) is 1.54.